The van der Waals surface area contributed by atoms with Gasteiger partial charge in [0.1, 0.15) is 0 Å². The highest BCUT2D eigenvalue weighted by Crippen LogP contribution is 2.20. The van der Waals surface area contributed by atoms with Gasteiger partial charge in [-0.1, -0.05) is 6.92 Å². The number of hydrogen-bond donors (Lipinski definition) is 2. The van der Waals surface area contributed by atoms with Crippen LogP contribution in [-0.2, 0) is 0 Å². The third-order valence-corrected chi connectivity index (χ3v) is 3.25. The molecule has 3 N–H and O–H groups in total. The zero-order chi connectivity index (χ0) is 12.1. The van der Waals surface area contributed by atoms with Crippen LogP contribution in [0, 0.1) is 12.8 Å². The number of thioether (sulfide) groups is 1. The number of aryl methyl sites for hydroxylation is 1. The Balaban J connectivity index is 2.66. The number of hydrogen-bond acceptors (Lipinski definition) is 5. The second kappa shape index (κ2) is 6.15. The average Bonchev–Trinajstić information content (AvgIpc) is 2.21. The van der Waals surface area contributed by atoms with Crippen LogP contribution in [0.3, 0.4) is 0 Å². The number of anilines is 2. The van der Waals surface area contributed by atoms with Gasteiger partial charge in [0, 0.05) is 6.54 Å². The summed E-state index contributed by atoms with van der Waals surface area (Å²) in [5.41, 5.74) is 7.14. The number of nitrogens with zero attached hydrogens (tertiary/aromatic N) is 2. The van der Waals surface area contributed by atoms with Crippen LogP contribution >= 0.6 is 23.4 Å². The smallest absolute Gasteiger partial charge is 0.224 e. The molecule has 1 aromatic rings. The van der Waals surface area contributed by atoms with E-state index in [0.29, 0.717) is 23.1 Å². The molecule has 16 heavy (non-hydrogen) atoms. The topological polar surface area (TPSA) is 63.8 Å². The summed E-state index contributed by atoms with van der Waals surface area (Å²) in [6, 6.07) is 0. The largest absolute Gasteiger partial charge is 0.394 e. The van der Waals surface area contributed by atoms with Crippen LogP contribution in [-0.4, -0.2) is 28.5 Å². The van der Waals surface area contributed by atoms with Gasteiger partial charge >= 0.3 is 0 Å². The van der Waals surface area contributed by atoms with Gasteiger partial charge in [-0.3, -0.25) is 0 Å². The van der Waals surface area contributed by atoms with Crippen molar-refractivity contribution in [3.8, 4) is 0 Å². The maximum absolute atomic E-state index is 5.86. The number of aromatic nitrogens is 2. The number of halogens is 1. The summed E-state index contributed by atoms with van der Waals surface area (Å²) in [7, 11) is 0. The van der Waals surface area contributed by atoms with Crippen molar-refractivity contribution in [1.29, 1.82) is 0 Å². The van der Waals surface area contributed by atoms with E-state index in [1.165, 1.54) is 0 Å². The van der Waals surface area contributed by atoms with E-state index in [0.717, 1.165) is 12.3 Å². The molecular weight excluding hydrogens is 244 g/mol. The minimum atomic E-state index is 0.228. The molecule has 1 rings (SSSR count). The van der Waals surface area contributed by atoms with Crippen molar-refractivity contribution in [2.45, 2.75) is 13.8 Å². The molecule has 0 radical (unpaired) electrons. The molecule has 4 nitrogen and oxygen atoms in total. The Labute approximate surface area is 105 Å². The van der Waals surface area contributed by atoms with Gasteiger partial charge in [-0.25, -0.2) is 4.98 Å². The van der Waals surface area contributed by atoms with Gasteiger partial charge in [-0.15, -0.1) is 0 Å². The number of rotatable bonds is 5. The molecule has 0 amide bonds. The lowest BCUT2D eigenvalue weighted by Gasteiger charge is -2.13. The lowest BCUT2D eigenvalue weighted by atomic mass is 10.2. The standard InChI is InChI=1S/C10H17ClN4S/c1-6(5-16-3)4-13-9-8(12)7(2)14-10(11)15-9/h6H,4-5,12H2,1-3H3,(H,13,14,15). The highest BCUT2D eigenvalue weighted by molar-refractivity contribution is 7.98. The summed E-state index contributed by atoms with van der Waals surface area (Å²) in [6.45, 7) is 4.83. The number of nitrogens with one attached hydrogen (secondary N) is 1. The van der Waals surface area contributed by atoms with Crippen LogP contribution in [0.2, 0.25) is 5.28 Å². The van der Waals surface area contributed by atoms with E-state index in [2.05, 4.69) is 28.5 Å². The summed E-state index contributed by atoms with van der Waals surface area (Å²) in [6.07, 6.45) is 2.09. The Hall–Kier alpha value is -0.680. The van der Waals surface area contributed by atoms with Gasteiger partial charge in [-0.2, -0.15) is 16.7 Å². The second-order valence-electron chi connectivity index (χ2n) is 3.78. The van der Waals surface area contributed by atoms with Crippen LogP contribution in [0.25, 0.3) is 0 Å². The van der Waals surface area contributed by atoms with Gasteiger partial charge in [0.15, 0.2) is 5.82 Å². The Morgan fingerprint density at radius 2 is 2.19 bits per heavy atom. The highest BCUT2D eigenvalue weighted by Gasteiger charge is 2.08. The minimum Gasteiger partial charge on any atom is -0.394 e. The molecule has 0 fully saturated rings. The molecule has 0 aliphatic carbocycles. The molecule has 0 spiro atoms. The predicted octanol–water partition coefficient (Wildman–Crippen LogP) is 2.43. The van der Waals surface area contributed by atoms with E-state index >= 15 is 0 Å². The molecule has 0 saturated carbocycles. The lowest BCUT2D eigenvalue weighted by Crippen LogP contribution is -2.16. The molecule has 6 heteroatoms. The Morgan fingerprint density at radius 1 is 1.50 bits per heavy atom. The van der Waals surface area contributed by atoms with Crippen molar-refractivity contribution in [3.63, 3.8) is 0 Å². The first-order chi connectivity index (χ1) is 7.54. The molecular formula is C10H17ClN4S. The van der Waals surface area contributed by atoms with Crippen LogP contribution < -0.4 is 11.1 Å². The van der Waals surface area contributed by atoms with Crippen LogP contribution in [0.1, 0.15) is 12.6 Å². The molecule has 1 aromatic heterocycles. The summed E-state index contributed by atoms with van der Waals surface area (Å²) in [5.74, 6) is 2.29. The van der Waals surface area contributed by atoms with Crippen LogP contribution in [0.5, 0.6) is 0 Å². The maximum Gasteiger partial charge on any atom is 0.224 e. The summed E-state index contributed by atoms with van der Waals surface area (Å²) >= 11 is 7.60. The molecule has 0 bridgehead atoms. The fourth-order valence-corrected chi connectivity index (χ4v) is 2.19. The third-order valence-electron chi connectivity index (χ3n) is 2.18. The van der Waals surface area contributed by atoms with Gasteiger partial charge < -0.3 is 11.1 Å². The monoisotopic (exact) mass is 260 g/mol. The molecule has 1 atom stereocenters. The molecule has 0 aliphatic heterocycles. The van der Waals surface area contributed by atoms with E-state index in [9.17, 15) is 0 Å². The molecule has 1 heterocycles. The number of nitrogens with two attached hydrogens (primary N) is 1. The van der Waals surface area contributed by atoms with Crippen molar-refractivity contribution in [2.24, 2.45) is 5.92 Å². The van der Waals surface area contributed by atoms with Crippen LogP contribution in [0.4, 0.5) is 11.5 Å². The van der Waals surface area contributed by atoms with Crippen molar-refractivity contribution in [2.75, 3.05) is 29.6 Å². The predicted molar refractivity (Wildman–Crippen MR) is 72.2 cm³/mol. The van der Waals surface area contributed by atoms with Gasteiger partial charge in [-0.05, 0) is 36.5 Å². The van der Waals surface area contributed by atoms with Crippen LogP contribution in [0.15, 0.2) is 0 Å². The third kappa shape index (κ3) is 3.72. The van der Waals surface area contributed by atoms with Crippen molar-refractivity contribution < 1.29 is 0 Å². The van der Waals surface area contributed by atoms with E-state index in [1.807, 2.05) is 18.7 Å². The second-order valence-corrected chi connectivity index (χ2v) is 5.03. The SMILES string of the molecule is CSCC(C)CNc1nc(Cl)nc(C)c1N. The zero-order valence-electron chi connectivity index (χ0n) is 9.75. The fraction of sp³-hybridized carbons (Fsp3) is 0.600. The van der Waals surface area contributed by atoms with Gasteiger partial charge in [0.05, 0.1) is 11.4 Å². The number of nitrogen functional groups attached to an aromatic ring is 1. The van der Waals surface area contributed by atoms with Crippen molar-refractivity contribution in [3.05, 3.63) is 11.0 Å². The Kier molecular flexibility index (Phi) is 5.15. The van der Waals surface area contributed by atoms with E-state index in [4.69, 9.17) is 17.3 Å². The quantitative estimate of drug-likeness (QED) is 0.796. The fourth-order valence-electron chi connectivity index (χ4n) is 1.30. The first-order valence-electron chi connectivity index (χ1n) is 5.07. The highest BCUT2D eigenvalue weighted by atomic mass is 35.5. The summed E-state index contributed by atoms with van der Waals surface area (Å²) in [5, 5.41) is 3.43. The lowest BCUT2D eigenvalue weighted by molar-refractivity contribution is 0.699. The van der Waals surface area contributed by atoms with E-state index in [1.54, 1.807) is 0 Å². The molecule has 90 valence electrons. The molecule has 0 aromatic carbocycles. The maximum atomic E-state index is 5.86. The minimum absolute atomic E-state index is 0.228. The van der Waals surface area contributed by atoms with Gasteiger partial charge in [0.2, 0.25) is 5.28 Å². The molecule has 1 unspecified atom stereocenters. The summed E-state index contributed by atoms with van der Waals surface area (Å²) in [4.78, 5) is 8.06. The normalized spacial score (nSPS) is 12.5. The first kappa shape index (κ1) is 13.4. The molecule has 0 aliphatic rings. The zero-order valence-corrected chi connectivity index (χ0v) is 11.3. The summed E-state index contributed by atoms with van der Waals surface area (Å²) < 4.78 is 0. The van der Waals surface area contributed by atoms with Gasteiger partial charge in [0.25, 0.3) is 0 Å². The Morgan fingerprint density at radius 3 is 2.81 bits per heavy atom. The van der Waals surface area contributed by atoms with E-state index < -0.39 is 0 Å². The average molecular weight is 261 g/mol. The van der Waals surface area contributed by atoms with Crippen molar-refractivity contribution >= 4 is 34.9 Å². The Bertz CT molecular complexity index is 359. The van der Waals surface area contributed by atoms with Crippen molar-refractivity contribution in [1.82, 2.24) is 9.97 Å². The molecule has 0 saturated heterocycles. The first-order valence-corrected chi connectivity index (χ1v) is 6.84. The van der Waals surface area contributed by atoms with E-state index in [-0.39, 0.29) is 5.28 Å².